The van der Waals surface area contributed by atoms with E-state index in [1.165, 1.54) is 0 Å². The molecule has 1 aliphatic rings. The van der Waals surface area contributed by atoms with Crippen molar-refractivity contribution in [1.29, 1.82) is 0 Å². The first-order chi connectivity index (χ1) is 13.6. The summed E-state index contributed by atoms with van der Waals surface area (Å²) in [6.45, 7) is 1.86. The van der Waals surface area contributed by atoms with E-state index in [1.54, 1.807) is 6.20 Å². The van der Waals surface area contributed by atoms with Crippen molar-refractivity contribution < 1.29 is 9.90 Å². The van der Waals surface area contributed by atoms with Crippen molar-refractivity contribution in [2.45, 2.75) is 18.9 Å². The van der Waals surface area contributed by atoms with E-state index in [9.17, 15) is 9.90 Å². The molecule has 1 saturated heterocycles. The van der Waals surface area contributed by atoms with Crippen LogP contribution in [-0.4, -0.2) is 63.1 Å². The number of imidazole rings is 1. The van der Waals surface area contributed by atoms with E-state index in [1.807, 2.05) is 48.1 Å². The van der Waals surface area contributed by atoms with Crippen molar-refractivity contribution in [2.24, 2.45) is 0 Å². The van der Waals surface area contributed by atoms with Crippen molar-refractivity contribution in [3.8, 4) is 11.3 Å². The summed E-state index contributed by atoms with van der Waals surface area (Å²) in [6, 6.07) is 7.73. The number of rotatable bonds is 5. The third-order valence-corrected chi connectivity index (χ3v) is 5.05. The highest BCUT2D eigenvalue weighted by molar-refractivity contribution is 5.92. The second-order valence-corrected chi connectivity index (χ2v) is 7.00. The fourth-order valence-electron chi connectivity index (χ4n) is 3.51. The van der Waals surface area contributed by atoms with Gasteiger partial charge in [-0.2, -0.15) is 0 Å². The van der Waals surface area contributed by atoms with Crippen LogP contribution in [0.15, 0.2) is 42.9 Å². The minimum atomic E-state index is -0.230. The number of fused-ring (bicyclic) bond motifs is 1. The van der Waals surface area contributed by atoms with Crippen LogP contribution in [0.3, 0.4) is 0 Å². The normalized spacial score (nSPS) is 15.6. The molecular weight excluding hydrogens is 356 g/mol. The zero-order valence-electron chi connectivity index (χ0n) is 15.8. The number of aromatic nitrogens is 3. The van der Waals surface area contributed by atoms with Gasteiger partial charge < -0.3 is 15.7 Å². The molecule has 28 heavy (non-hydrogen) atoms. The maximum atomic E-state index is 12.3. The molecular formula is C20H24N6O2. The van der Waals surface area contributed by atoms with Gasteiger partial charge in [0.15, 0.2) is 11.5 Å². The lowest BCUT2D eigenvalue weighted by atomic mass is 10.1. The van der Waals surface area contributed by atoms with E-state index in [0.29, 0.717) is 6.54 Å². The molecule has 0 radical (unpaired) electrons. The predicted molar refractivity (Wildman–Crippen MR) is 108 cm³/mol. The lowest BCUT2D eigenvalue weighted by Gasteiger charge is -2.28. The molecule has 146 valence electrons. The lowest BCUT2D eigenvalue weighted by molar-refractivity contribution is -0.117. The Morgan fingerprint density at radius 2 is 1.96 bits per heavy atom. The summed E-state index contributed by atoms with van der Waals surface area (Å²) in [5.74, 6) is 0.687. The van der Waals surface area contributed by atoms with Gasteiger partial charge in [-0.25, -0.2) is 9.97 Å². The highest BCUT2D eigenvalue weighted by Gasteiger charge is 2.19. The number of aliphatic hydroxyl groups excluding tert-OH is 1. The number of nitrogens with one attached hydrogen (secondary N) is 2. The van der Waals surface area contributed by atoms with Gasteiger partial charge >= 0.3 is 0 Å². The average molecular weight is 380 g/mol. The van der Waals surface area contributed by atoms with Gasteiger partial charge in [0, 0.05) is 43.8 Å². The summed E-state index contributed by atoms with van der Waals surface area (Å²) in [4.78, 5) is 23.1. The minimum absolute atomic E-state index is 0.0383. The molecule has 3 N–H and O–H groups in total. The molecule has 0 saturated carbocycles. The fourth-order valence-corrected chi connectivity index (χ4v) is 3.51. The molecule has 1 aliphatic heterocycles. The Kier molecular flexibility index (Phi) is 5.23. The van der Waals surface area contributed by atoms with Crippen LogP contribution in [0.1, 0.15) is 12.8 Å². The molecule has 0 atom stereocenters. The van der Waals surface area contributed by atoms with Crippen LogP contribution in [0, 0.1) is 0 Å². The summed E-state index contributed by atoms with van der Waals surface area (Å²) in [5, 5.41) is 15.5. The van der Waals surface area contributed by atoms with Crippen molar-refractivity contribution in [1.82, 2.24) is 19.3 Å². The molecule has 1 fully saturated rings. The Morgan fingerprint density at radius 3 is 2.68 bits per heavy atom. The van der Waals surface area contributed by atoms with Crippen LogP contribution in [0.25, 0.3) is 16.9 Å². The van der Waals surface area contributed by atoms with Gasteiger partial charge in [0.1, 0.15) is 0 Å². The van der Waals surface area contributed by atoms with E-state index < -0.39 is 0 Å². The lowest BCUT2D eigenvalue weighted by Crippen LogP contribution is -2.40. The summed E-state index contributed by atoms with van der Waals surface area (Å²) in [7, 11) is 1.82. The SMILES string of the molecule is CNc1nccn2c(-c3ccc(NC(=O)CN4CCC(O)CC4)cc3)cnc12. The number of aliphatic hydroxyl groups is 1. The van der Waals surface area contributed by atoms with Gasteiger partial charge in [0.2, 0.25) is 5.91 Å². The number of nitrogens with zero attached hydrogens (tertiary/aromatic N) is 4. The highest BCUT2D eigenvalue weighted by Crippen LogP contribution is 2.24. The zero-order chi connectivity index (χ0) is 19.5. The van der Waals surface area contributed by atoms with Gasteiger partial charge in [-0.1, -0.05) is 12.1 Å². The van der Waals surface area contributed by atoms with Gasteiger partial charge in [-0.3, -0.25) is 14.1 Å². The maximum Gasteiger partial charge on any atom is 0.238 e. The van der Waals surface area contributed by atoms with Crippen LogP contribution in [0.2, 0.25) is 0 Å². The van der Waals surface area contributed by atoms with Crippen LogP contribution in [0.5, 0.6) is 0 Å². The van der Waals surface area contributed by atoms with Crippen LogP contribution >= 0.6 is 0 Å². The van der Waals surface area contributed by atoms with E-state index in [0.717, 1.165) is 54.3 Å². The smallest absolute Gasteiger partial charge is 0.238 e. The minimum Gasteiger partial charge on any atom is -0.393 e. The van der Waals surface area contributed by atoms with Crippen molar-refractivity contribution >= 4 is 23.1 Å². The average Bonchev–Trinajstić information content (AvgIpc) is 3.14. The van der Waals surface area contributed by atoms with Crippen molar-refractivity contribution in [2.75, 3.05) is 37.3 Å². The molecule has 3 heterocycles. The van der Waals surface area contributed by atoms with Gasteiger partial charge in [-0.15, -0.1) is 0 Å². The summed E-state index contributed by atoms with van der Waals surface area (Å²) in [6.07, 6.45) is 6.66. The maximum absolute atomic E-state index is 12.3. The Hall–Kier alpha value is -2.97. The molecule has 0 unspecified atom stereocenters. The number of piperidine rings is 1. The topological polar surface area (TPSA) is 94.8 Å². The first-order valence-corrected chi connectivity index (χ1v) is 9.44. The van der Waals surface area contributed by atoms with Gasteiger partial charge in [-0.05, 0) is 25.0 Å². The number of benzene rings is 1. The number of likely N-dealkylation sites (tertiary alicyclic amines) is 1. The van der Waals surface area contributed by atoms with E-state index >= 15 is 0 Å². The summed E-state index contributed by atoms with van der Waals surface area (Å²) < 4.78 is 1.98. The molecule has 0 bridgehead atoms. The van der Waals surface area contributed by atoms with Gasteiger partial charge in [0.05, 0.1) is 24.5 Å². The number of hydrogen-bond acceptors (Lipinski definition) is 6. The molecule has 4 rings (SSSR count). The number of amides is 1. The highest BCUT2D eigenvalue weighted by atomic mass is 16.3. The number of hydrogen-bond donors (Lipinski definition) is 3. The zero-order valence-corrected chi connectivity index (χ0v) is 15.8. The van der Waals surface area contributed by atoms with E-state index in [4.69, 9.17) is 0 Å². The molecule has 8 nitrogen and oxygen atoms in total. The first kappa shape index (κ1) is 18.4. The second-order valence-electron chi connectivity index (χ2n) is 7.00. The Labute approximate surface area is 163 Å². The van der Waals surface area contributed by atoms with Crippen molar-refractivity contribution in [3.05, 3.63) is 42.9 Å². The predicted octanol–water partition coefficient (Wildman–Crippen LogP) is 1.83. The van der Waals surface area contributed by atoms with Crippen LogP contribution in [-0.2, 0) is 4.79 Å². The van der Waals surface area contributed by atoms with E-state index in [2.05, 4.69) is 25.5 Å². The largest absolute Gasteiger partial charge is 0.393 e. The van der Waals surface area contributed by atoms with Crippen molar-refractivity contribution in [3.63, 3.8) is 0 Å². The molecule has 3 aromatic rings. The standard InChI is InChI=1S/C20H24N6O2/c1-21-19-20-23-12-17(26(20)11-8-22-19)14-2-4-15(5-3-14)24-18(28)13-25-9-6-16(27)7-10-25/h2-5,8,11-12,16,27H,6-7,9-10,13H2,1H3,(H,21,22)(H,24,28). The third kappa shape index (κ3) is 3.83. The Morgan fingerprint density at radius 1 is 1.21 bits per heavy atom. The molecule has 0 spiro atoms. The van der Waals surface area contributed by atoms with E-state index in [-0.39, 0.29) is 12.0 Å². The number of carbonyl (C=O) groups is 1. The molecule has 1 amide bonds. The fraction of sp³-hybridized carbons (Fsp3) is 0.350. The quantitative estimate of drug-likeness (QED) is 0.625. The number of carbonyl (C=O) groups excluding carboxylic acids is 1. The summed E-state index contributed by atoms with van der Waals surface area (Å²) >= 11 is 0. The Bertz CT molecular complexity index is 960. The molecule has 0 aliphatic carbocycles. The van der Waals surface area contributed by atoms with Crippen LogP contribution in [0.4, 0.5) is 11.5 Å². The monoisotopic (exact) mass is 380 g/mol. The van der Waals surface area contributed by atoms with Crippen LogP contribution < -0.4 is 10.6 Å². The number of anilines is 2. The summed E-state index contributed by atoms with van der Waals surface area (Å²) in [5.41, 5.74) is 3.49. The Balaban J connectivity index is 1.44. The first-order valence-electron chi connectivity index (χ1n) is 9.44. The third-order valence-electron chi connectivity index (χ3n) is 5.05. The molecule has 8 heteroatoms. The molecule has 1 aromatic carbocycles. The van der Waals surface area contributed by atoms with Gasteiger partial charge in [0.25, 0.3) is 0 Å². The molecule has 2 aromatic heterocycles. The second kappa shape index (κ2) is 7.95.